The molecule has 0 saturated carbocycles. The van der Waals surface area contributed by atoms with Crippen molar-refractivity contribution in [2.45, 2.75) is 26.7 Å². The highest BCUT2D eigenvalue weighted by molar-refractivity contribution is 5.95. The number of hydrogen-bond acceptors (Lipinski definition) is 7. The predicted molar refractivity (Wildman–Crippen MR) is 92.3 cm³/mol. The first-order valence-corrected chi connectivity index (χ1v) is 7.70. The van der Waals surface area contributed by atoms with Gasteiger partial charge >= 0.3 is 23.9 Å². The highest BCUT2D eigenvalue weighted by atomic mass is 16.5. The predicted octanol–water partition coefficient (Wildman–Crippen LogP) is -0.0284. The zero-order chi connectivity index (χ0) is 21.8. The van der Waals surface area contributed by atoms with Crippen LogP contribution >= 0.6 is 0 Å². The standard InChI is InChI=1S/2C6H8O4.C4H10O3/c2*1-2-4(6(9)10)3-5(7)8;5-1-3-7-4-2-6/h2*3H,2H2,1H3,(H,7,8)(H,9,10);5-6H,1-4H2/b2*4-3-;. The summed E-state index contributed by atoms with van der Waals surface area (Å²) in [5, 5.41) is 49.0. The minimum Gasteiger partial charge on any atom is -0.478 e. The largest absolute Gasteiger partial charge is 0.478 e. The molecule has 27 heavy (non-hydrogen) atoms. The summed E-state index contributed by atoms with van der Waals surface area (Å²) in [4.78, 5) is 40.1. The van der Waals surface area contributed by atoms with E-state index in [2.05, 4.69) is 4.74 Å². The van der Waals surface area contributed by atoms with Gasteiger partial charge in [-0.1, -0.05) is 13.8 Å². The van der Waals surface area contributed by atoms with Crippen molar-refractivity contribution in [1.29, 1.82) is 0 Å². The van der Waals surface area contributed by atoms with E-state index in [0.717, 1.165) is 0 Å². The molecule has 11 heteroatoms. The van der Waals surface area contributed by atoms with Crippen LogP contribution in [0.25, 0.3) is 0 Å². The zero-order valence-corrected chi connectivity index (χ0v) is 15.1. The molecule has 0 saturated heterocycles. The summed E-state index contributed by atoms with van der Waals surface area (Å²) in [6.07, 6.45) is 1.84. The number of aliphatic carboxylic acids is 4. The van der Waals surface area contributed by atoms with Crippen LogP contribution in [0.4, 0.5) is 0 Å². The second kappa shape index (κ2) is 19.6. The van der Waals surface area contributed by atoms with Crippen LogP contribution < -0.4 is 0 Å². The minimum absolute atomic E-state index is 0.0278. The van der Waals surface area contributed by atoms with E-state index in [4.69, 9.17) is 30.6 Å². The Kier molecular flexibility index (Phi) is 21.0. The maximum atomic E-state index is 10.1. The first-order chi connectivity index (χ1) is 12.6. The number of carboxylic acid groups (broad SMARTS) is 4. The van der Waals surface area contributed by atoms with Crippen molar-refractivity contribution in [2.75, 3.05) is 26.4 Å². The summed E-state index contributed by atoms with van der Waals surface area (Å²) < 4.78 is 4.63. The molecule has 0 fully saturated rings. The third kappa shape index (κ3) is 23.2. The lowest BCUT2D eigenvalue weighted by molar-refractivity contribution is -0.135. The molecule has 0 aromatic carbocycles. The van der Waals surface area contributed by atoms with Crippen molar-refractivity contribution in [3.8, 4) is 0 Å². The van der Waals surface area contributed by atoms with Crippen LogP contribution in [0.5, 0.6) is 0 Å². The van der Waals surface area contributed by atoms with Gasteiger partial charge in [0.2, 0.25) is 0 Å². The maximum Gasteiger partial charge on any atom is 0.331 e. The molecule has 6 N–H and O–H groups in total. The minimum atomic E-state index is -1.22. The van der Waals surface area contributed by atoms with Gasteiger partial charge in [-0.05, 0) is 12.8 Å². The lowest BCUT2D eigenvalue weighted by atomic mass is 10.2. The third-order valence-electron chi connectivity index (χ3n) is 2.38. The van der Waals surface area contributed by atoms with Crippen LogP contribution in [-0.4, -0.2) is 80.9 Å². The van der Waals surface area contributed by atoms with E-state index in [1.54, 1.807) is 13.8 Å². The second-order valence-electron chi connectivity index (χ2n) is 4.39. The van der Waals surface area contributed by atoms with Gasteiger partial charge < -0.3 is 35.4 Å². The van der Waals surface area contributed by atoms with Crippen LogP contribution in [0.3, 0.4) is 0 Å². The number of rotatable bonds is 10. The molecule has 0 aromatic heterocycles. The molecule has 11 nitrogen and oxygen atoms in total. The lowest BCUT2D eigenvalue weighted by Crippen LogP contribution is -2.03. The van der Waals surface area contributed by atoms with E-state index in [1.165, 1.54) is 0 Å². The Morgan fingerprint density at radius 1 is 0.704 bits per heavy atom. The van der Waals surface area contributed by atoms with Gasteiger partial charge in [0, 0.05) is 23.3 Å². The summed E-state index contributed by atoms with van der Waals surface area (Å²) in [6.45, 7) is 3.87. The SMILES string of the molecule is CC/C(=C/C(=O)O)C(=O)O.CC/C(=C/C(=O)O)C(=O)O.OCCOCCO. The molecule has 0 aliphatic heterocycles. The molecule has 0 unspecified atom stereocenters. The zero-order valence-electron chi connectivity index (χ0n) is 15.1. The monoisotopic (exact) mass is 394 g/mol. The van der Waals surface area contributed by atoms with Gasteiger partial charge in [0.1, 0.15) is 0 Å². The molecule has 0 rings (SSSR count). The molecular weight excluding hydrogens is 368 g/mol. The van der Waals surface area contributed by atoms with Crippen LogP contribution in [0.2, 0.25) is 0 Å². The first kappa shape index (κ1) is 29.0. The Hall–Kier alpha value is -2.76. The molecule has 0 aliphatic carbocycles. The van der Waals surface area contributed by atoms with Crippen molar-refractivity contribution in [2.24, 2.45) is 0 Å². The van der Waals surface area contributed by atoms with E-state index in [9.17, 15) is 19.2 Å². The van der Waals surface area contributed by atoms with Crippen molar-refractivity contribution in [3.05, 3.63) is 23.3 Å². The molecular formula is C16H26O11. The highest BCUT2D eigenvalue weighted by Crippen LogP contribution is 1.99. The molecule has 0 radical (unpaired) electrons. The normalized spacial score (nSPS) is 10.7. The fourth-order valence-corrected chi connectivity index (χ4v) is 1.16. The van der Waals surface area contributed by atoms with Crippen LogP contribution in [0.15, 0.2) is 23.3 Å². The Morgan fingerprint density at radius 3 is 1.11 bits per heavy atom. The van der Waals surface area contributed by atoms with E-state index < -0.39 is 23.9 Å². The van der Waals surface area contributed by atoms with Crippen molar-refractivity contribution in [3.63, 3.8) is 0 Å². The van der Waals surface area contributed by atoms with Gasteiger partial charge in [-0.3, -0.25) is 0 Å². The van der Waals surface area contributed by atoms with Crippen molar-refractivity contribution in [1.82, 2.24) is 0 Å². The summed E-state index contributed by atoms with van der Waals surface area (Å²) in [7, 11) is 0. The second-order valence-corrected chi connectivity index (χ2v) is 4.39. The van der Waals surface area contributed by atoms with Gasteiger partial charge in [0.25, 0.3) is 0 Å². The van der Waals surface area contributed by atoms with Crippen molar-refractivity contribution < 1.29 is 54.6 Å². The van der Waals surface area contributed by atoms with Gasteiger partial charge in [-0.2, -0.15) is 0 Å². The van der Waals surface area contributed by atoms with E-state index in [0.29, 0.717) is 25.4 Å². The average Bonchev–Trinajstić information content (AvgIpc) is 2.58. The number of hydrogen-bond donors (Lipinski definition) is 6. The number of carboxylic acids is 4. The summed E-state index contributed by atoms with van der Waals surface area (Å²) in [5.41, 5.74) is -0.181. The fourth-order valence-electron chi connectivity index (χ4n) is 1.16. The topological polar surface area (TPSA) is 199 Å². The molecule has 0 aliphatic rings. The van der Waals surface area contributed by atoms with E-state index in [1.807, 2.05) is 0 Å². The number of carbonyl (C=O) groups is 4. The Bertz CT molecular complexity index is 474. The van der Waals surface area contributed by atoms with Crippen LogP contribution in [0.1, 0.15) is 26.7 Å². The third-order valence-corrected chi connectivity index (χ3v) is 2.38. The lowest BCUT2D eigenvalue weighted by Gasteiger charge is -1.94. The average molecular weight is 394 g/mol. The van der Waals surface area contributed by atoms with Gasteiger partial charge in [0.05, 0.1) is 26.4 Å². The molecule has 0 aromatic rings. The molecule has 0 heterocycles. The summed E-state index contributed by atoms with van der Waals surface area (Å²) in [5.74, 6) is -4.80. The van der Waals surface area contributed by atoms with Gasteiger partial charge in [-0.15, -0.1) is 0 Å². The number of aliphatic hydroxyl groups is 2. The number of aliphatic hydroxyl groups excluding tert-OH is 2. The Balaban J connectivity index is -0.000000326. The number of ether oxygens (including phenoxy) is 1. The molecule has 156 valence electrons. The van der Waals surface area contributed by atoms with Crippen molar-refractivity contribution >= 4 is 23.9 Å². The van der Waals surface area contributed by atoms with Gasteiger partial charge in [-0.25, -0.2) is 19.2 Å². The molecule has 0 amide bonds. The molecule has 0 bridgehead atoms. The smallest absolute Gasteiger partial charge is 0.331 e. The Labute approximate surface area is 155 Å². The van der Waals surface area contributed by atoms with Crippen LogP contribution in [-0.2, 0) is 23.9 Å². The fraction of sp³-hybridized carbons (Fsp3) is 0.500. The molecule has 0 spiro atoms. The highest BCUT2D eigenvalue weighted by Gasteiger charge is 2.05. The van der Waals surface area contributed by atoms with E-state index in [-0.39, 0.29) is 37.2 Å². The Morgan fingerprint density at radius 2 is 1.00 bits per heavy atom. The van der Waals surface area contributed by atoms with Gasteiger partial charge in [0.15, 0.2) is 0 Å². The maximum absolute atomic E-state index is 10.1. The van der Waals surface area contributed by atoms with E-state index >= 15 is 0 Å². The van der Waals surface area contributed by atoms with Crippen LogP contribution in [0, 0.1) is 0 Å². The summed E-state index contributed by atoms with van der Waals surface area (Å²) in [6, 6.07) is 0. The first-order valence-electron chi connectivity index (χ1n) is 7.70. The molecule has 0 atom stereocenters. The quantitative estimate of drug-likeness (QED) is 0.215. The summed E-state index contributed by atoms with van der Waals surface area (Å²) >= 11 is 0.